The molecule has 5 nitrogen and oxygen atoms in total. The van der Waals surface area contributed by atoms with Gasteiger partial charge in [0.15, 0.2) is 5.69 Å². The minimum Gasteiger partial charge on any atom is -0.343 e. The van der Waals surface area contributed by atoms with Crippen LogP contribution < -0.4 is 5.32 Å². The normalized spacial score (nSPS) is 16.5. The maximum atomic E-state index is 12.5. The van der Waals surface area contributed by atoms with Crippen LogP contribution in [-0.2, 0) is 25.9 Å². The van der Waals surface area contributed by atoms with E-state index in [4.69, 9.17) is 11.6 Å². The number of aromatic nitrogens is 2. The molecule has 1 aliphatic rings. The molecule has 134 valence electrons. The number of nitrogens with zero attached hydrogens (tertiary/aromatic N) is 3. The van der Waals surface area contributed by atoms with Gasteiger partial charge in [0.2, 0.25) is 0 Å². The first-order chi connectivity index (χ1) is 12.0. The van der Waals surface area contributed by atoms with Crippen molar-refractivity contribution in [2.24, 2.45) is 0 Å². The summed E-state index contributed by atoms with van der Waals surface area (Å²) in [6.45, 7) is 5.23. The number of amides is 1. The number of nitrogens with one attached hydrogen (secondary N) is 1. The van der Waals surface area contributed by atoms with E-state index < -0.39 is 0 Å². The maximum Gasteiger partial charge on any atom is 0.274 e. The molecule has 1 atom stereocenters. The standard InChI is InChI=1S/C18H23ClN4OS/c1-4-9-23-15-7-5-12(20-11-13-6-8-16(19)25-13)10-14(15)17(21-23)18(24)22(2)3/h4,6,8,12,20H,1,5,7,9-11H2,2-3H3. The SMILES string of the molecule is C=CCn1nc(C(=O)N(C)C)c2c1CCC(NCc1ccc(Cl)s1)C2. The summed E-state index contributed by atoms with van der Waals surface area (Å²) >= 11 is 7.60. The van der Waals surface area contributed by atoms with Crippen molar-refractivity contribution in [2.75, 3.05) is 14.1 Å². The zero-order valence-corrected chi connectivity index (χ0v) is 16.2. The van der Waals surface area contributed by atoms with E-state index in [1.807, 2.05) is 16.8 Å². The number of thiophene rings is 1. The van der Waals surface area contributed by atoms with Gasteiger partial charge in [0, 0.05) is 42.8 Å². The van der Waals surface area contributed by atoms with Gasteiger partial charge in [0.05, 0.1) is 10.9 Å². The van der Waals surface area contributed by atoms with E-state index in [0.29, 0.717) is 18.3 Å². The van der Waals surface area contributed by atoms with Crippen molar-refractivity contribution in [3.63, 3.8) is 0 Å². The minimum atomic E-state index is -0.0373. The number of carbonyl (C=O) groups is 1. The lowest BCUT2D eigenvalue weighted by Crippen LogP contribution is -2.35. The van der Waals surface area contributed by atoms with Crippen LogP contribution in [0.4, 0.5) is 0 Å². The second-order valence-corrected chi connectivity index (χ2v) is 8.27. The van der Waals surface area contributed by atoms with Crippen LogP contribution in [-0.4, -0.2) is 40.7 Å². The highest BCUT2D eigenvalue weighted by Crippen LogP contribution is 2.27. The van der Waals surface area contributed by atoms with E-state index in [9.17, 15) is 4.79 Å². The molecular weight excluding hydrogens is 356 g/mol. The predicted octanol–water partition coefficient (Wildman–Crippen LogP) is 3.13. The molecule has 1 unspecified atom stereocenters. The van der Waals surface area contributed by atoms with Crippen LogP contribution in [0.1, 0.15) is 33.0 Å². The first-order valence-electron chi connectivity index (χ1n) is 8.38. The highest BCUT2D eigenvalue weighted by Gasteiger charge is 2.29. The van der Waals surface area contributed by atoms with Gasteiger partial charge in [-0.1, -0.05) is 17.7 Å². The summed E-state index contributed by atoms with van der Waals surface area (Å²) in [5, 5.41) is 8.17. The van der Waals surface area contributed by atoms with Crippen LogP contribution >= 0.6 is 22.9 Å². The van der Waals surface area contributed by atoms with Gasteiger partial charge in [-0.15, -0.1) is 17.9 Å². The lowest BCUT2D eigenvalue weighted by atomic mass is 9.91. The third kappa shape index (κ3) is 3.97. The number of allylic oxidation sites excluding steroid dienone is 1. The van der Waals surface area contributed by atoms with Gasteiger partial charge in [0.25, 0.3) is 5.91 Å². The van der Waals surface area contributed by atoms with Crippen LogP contribution in [0.2, 0.25) is 4.34 Å². The van der Waals surface area contributed by atoms with Crippen molar-refractivity contribution in [2.45, 2.75) is 38.4 Å². The van der Waals surface area contributed by atoms with Gasteiger partial charge < -0.3 is 10.2 Å². The number of hydrogen-bond donors (Lipinski definition) is 1. The topological polar surface area (TPSA) is 50.2 Å². The molecule has 25 heavy (non-hydrogen) atoms. The maximum absolute atomic E-state index is 12.5. The van der Waals surface area contributed by atoms with Gasteiger partial charge >= 0.3 is 0 Å². The molecule has 0 fully saturated rings. The Morgan fingerprint density at radius 1 is 1.56 bits per heavy atom. The van der Waals surface area contributed by atoms with Crippen molar-refractivity contribution in [1.29, 1.82) is 0 Å². The summed E-state index contributed by atoms with van der Waals surface area (Å²) in [4.78, 5) is 15.3. The van der Waals surface area contributed by atoms with Gasteiger partial charge in [-0.2, -0.15) is 5.10 Å². The van der Waals surface area contributed by atoms with Crippen LogP contribution in [0.15, 0.2) is 24.8 Å². The van der Waals surface area contributed by atoms with E-state index in [1.165, 1.54) is 10.6 Å². The molecule has 2 aromatic heterocycles. The molecule has 0 saturated carbocycles. The van der Waals surface area contributed by atoms with Gasteiger partial charge in [-0.25, -0.2) is 0 Å². The van der Waals surface area contributed by atoms with Crippen LogP contribution in [0, 0.1) is 0 Å². The predicted molar refractivity (Wildman–Crippen MR) is 102 cm³/mol. The molecule has 2 heterocycles. The smallest absolute Gasteiger partial charge is 0.274 e. The minimum absolute atomic E-state index is 0.0373. The zero-order valence-electron chi connectivity index (χ0n) is 14.6. The summed E-state index contributed by atoms with van der Waals surface area (Å²) < 4.78 is 2.74. The largest absolute Gasteiger partial charge is 0.343 e. The first-order valence-corrected chi connectivity index (χ1v) is 9.57. The van der Waals surface area contributed by atoms with Crippen molar-refractivity contribution < 1.29 is 4.79 Å². The molecular formula is C18H23ClN4OS. The van der Waals surface area contributed by atoms with E-state index in [2.05, 4.69) is 23.1 Å². The Morgan fingerprint density at radius 3 is 3.00 bits per heavy atom. The Labute approximate surface area is 157 Å². The lowest BCUT2D eigenvalue weighted by molar-refractivity contribution is 0.0820. The molecule has 0 radical (unpaired) electrons. The average molecular weight is 379 g/mol. The molecule has 0 aliphatic heterocycles. The Kier molecular flexibility index (Phi) is 5.61. The van der Waals surface area contributed by atoms with E-state index in [1.54, 1.807) is 30.3 Å². The molecule has 1 amide bonds. The number of hydrogen-bond acceptors (Lipinski definition) is 4. The first kappa shape index (κ1) is 18.2. The molecule has 3 rings (SSSR count). The second kappa shape index (κ2) is 7.72. The fourth-order valence-electron chi connectivity index (χ4n) is 3.21. The molecule has 7 heteroatoms. The molecule has 2 aromatic rings. The van der Waals surface area contributed by atoms with E-state index in [0.717, 1.165) is 35.7 Å². The monoisotopic (exact) mass is 378 g/mol. The lowest BCUT2D eigenvalue weighted by Gasteiger charge is -2.24. The number of fused-ring (bicyclic) bond motifs is 1. The van der Waals surface area contributed by atoms with Gasteiger partial charge in [-0.3, -0.25) is 9.48 Å². The molecule has 0 aromatic carbocycles. The third-order valence-corrected chi connectivity index (χ3v) is 5.68. The number of halogens is 1. The summed E-state index contributed by atoms with van der Waals surface area (Å²) in [6, 6.07) is 4.32. The van der Waals surface area contributed by atoms with Gasteiger partial charge in [-0.05, 0) is 31.4 Å². The van der Waals surface area contributed by atoms with Crippen LogP contribution in [0.5, 0.6) is 0 Å². The van der Waals surface area contributed by atoms with Crippen molar-refractivity contribution in [3.05, 3.63) is 51.0 Å². The van der Waals surface area contributed by atoms with E-state index in [-0.39, 0.29) is 5.91 Å². The Balaban J connectivity index is 1.78. The summed E-state index contributed by atoms with van der Waals surface area (Å²) in [5.41, 5.74) is 2.82. The number of carbonyl (C=O) groups excluding carboxylic acids is 1. The van der Waals surface area contributed by atoms with Crippen molar-refractivity contribution >= 4 is 28.8 Å². The molecule has 0 saturated heterocycles. The quantitative estimate of drug-likeness (QED) is 0.785. The fourth-order valence-corrected chi connectivity index (χ4v) is 4.25. The fraction of sp³-hybridized carbons (Fsp3) is 0.444. The summed E-state index contributed by atoms with van der Waals surface area (Å²) in [6.07, 6.45) is 4.59. The Bertz CT molecular complexity index is 780. The van der Waals surface area contributed by atoms with Crippen molar-refractivity contribution in [1.82, 2.24) is 20.0 Å². The highest BCUT2D eigenvalue weighted by molar-refractivity contribution is 7.16. The number of rotatable bonds is 6. The zero-order chi connectivity index (χ0) is 18.0. The van der Waals surface area contributed by atoms with Gasteiger partial charge in [0.1, 0.15) is 0 Å². The highest BCUT2D eigenvalue weighted by atomic mass is 35.5. The van der Waals surface area contributed by atoms with Crippen molar-refractivity contribution in [3.8, 4) is 0 Å². The Morgan fingerprint density at radius 2 is 2.36 bits per heavy atom. The molecule has 1 aliphatic carbocycles. The molecule has 1 N–H and O–H groups in total. The Hall–Kier alpha value is -1.63. The molecule has 0 bridgehead atoms. The average Bonchev–Trinajstić information content (AvgIpc) is 3.16. The third-order valence-electron chi connectivity index (χ3n) is 4.45. The summed E-state index contributed by atoms with van der Waals surface area (Å²) in [7, 11) is 3.53. The van der Waals surface area contributed by atoms with Crippen LogP contribution in [0.25, 0.3) is 0 Å². The second-order valence-electron chi connectivity index (χ2n) is 6.47. The molecule has 0 spiro atoms. The van der Waals surface area contributed by atoms with E-state index >= 15 is 0 Å². The summed E-state index contributed by atoms with van der Waals surface area (Å²) in [5.74, 6) is -0.0373. The van der Waals surface area contributed by atoms with Crippen LogP contribution in [0.3, 0.4) is 0 Å².